The van der Waals surface area contributed by atoms with Gasteiger partial charge in [-0.25, -0.2) is 0 Å². The van der Waals surface area contributed by atoms with E-state index in [2.05, 4.69) is 283 Å². The number of pyridine rings is 6. The smallest absolute Gasteiger partial charge is 0.0755 e. The minimum absolute atomic E-state index is 0. The zero-order valence-corrected chi connectivity index (χ0v) is 82.5. The van der Waals surface area contributed by atoms with Crippen molar-refractivity contribution in [2.45, 2.75) is 41.5 Å². The minimum atomic E-state index is 0. The van der Waals surface area contributed by atoms with Crippen LogP contribution in [0.5, 0.6) is 0 Å². The summed E-state index contributed by atoms with van der Waals surface area (Å²) in [6, 6.07) is 85.9. The Hall–Kier alpha value is -12.0. The van der Waals surface area contributed by atoms with E-state index in [0.717, 1.165) is 120 Å². The van der Waals surface area contributed by atoms with Gasteiger partial charge in [0.25, 0.3) is 0 Å². The van der Waals surface area contributed by atoms with E-state index in [-0.39, 0.29) is 121 Å². The van der Waals surface area contributed by atoms with Crippen molar-refractivity contribution in [1.82, 2.24) is 80.4 Å². The number of aryl methyl sites for hydroxylation is 6. The number of nitrogens with zero attached hydrogens (tertiary/aromatic N) is 16. The second kappa shape index (κ2) is 37.6. The van der Waals surface area contributed by atoms with Crippen LogP contribution in [0.25, 0.3) is 218 Å². The van der Waals surface area contributed by atoms with Crippen LogP contribution < -0.4 is 30.1 Å². The topological polar surface area (TPSA) is 214 Å². The fraction of sp³-hybridized carbons (Fsp3) is 0.0577. The summed E-state index contributed by atoms with van der Waals surface area (Å²) in [5.41, 5.74) is 25.5. The van der Waals surface area contributed by atoms with Gasteiger partial charge in [0.2, 0.25) is 0 Å². The van der Waals surface area contributed by atoms with Gasteiger partial charge in [-0.1, -0.05) is 230 Å². The molecule has 0 aliphatic rings. The molecule has 0 aliphatic heterocycles. The molecule has 0 N–H and O–H groups in total. The summed E-state index contributed by atoms with van der Waals surface area (Å²) in [6.07, 6.45) is 20.3. The zero-order valence-electron chi connectivity index (χ0n) is 68.2. The molecule has 26 rings (SSSR count). The Kier molecular flexibility index (Phi) is 26.5. The van der Waals surface area contributed by atoms with Gasteiger partial charge in [0.05, 0.1) is 33.1 Å². The Morgan fingerprint density at radius 3 is 1.09 bits per heavy atom. The molecule has 0 amide bonds. The number of imidazole rings is 1. The maximum absolute atomic E-state index is 4.85. The van der Waals surface area contributed by atoms with Crippen molar-refractivity contribution in [3.05, 3.63) is 350 Å². The first-order valence-corrected chi connectivity index (χ1v) is 39.8. The maximum Gasteiger partial charge on any atom is 0.0755 e. The van der Waals surface area contributed by atoms with E-state index >= 15 is 0 Å². The van der Waals surface area contributed by atoms with E-state index in [1.807, 2.05) is 116 Å². The first-order valence-electron chi connectivity index (χ1n) is 39.8. The molecule has 16 nitrogen and oxygen atoms in total. The summed E-state index contributed by atoms with van der Waals surface area (Å²) >= 11 is 0. The van der Waals surface area contributed by atoms with Gasteiger partial charge in [0, 0.05) is 202 Å². The van der Waals surface area contributed by atoms with Crippen LogP contribution in [0, 0.1) is 41.5 Å². The molecule has 0 atom stereocenters. The van der Waals surface area contributed by atoms with Crippen molar-refractivity contribution in [2.75, 3.05) is 0 Å². The molecule has 0 aliphatic carbocycles. The Balaban J connectivity index is 0.000000117. The Morgan fingerprint density at radius 2 is 0.595 bits per heavy atom. The molecule has 126 heavy (non-hydrogen) atoms. The van der Waals surface area contributed by atoms with Gasteiger partial charge in [-0.2, -0.15) is 18.6 Å². The van der Waals surface area contributed by atoms with Crippen LogP contribution >= 0.6 is 0 Å². The second-order valence-corrected chi connectivity index (χ2v) is 30.4. The van der Waals surface area contributed by atoms with E-state index in [4.69, 9.17) is 15.0 Å². The maximum atomic E-state index is 4.85. The van der Waals surface area contributed by atoms with Gasteiger partial charge < -0.3 is 45.3 Å². The standard InChI is InChI=1S/C25H21N2.C23H17N2.C15H9N2.2C14H8N3.C13H7N4.6Ir/c1-14-8-9-18-19(10-14)20-11-15(2)12-26-24(20)25-23(18)21(13-27-25)22-16(3)6-5-7-17(22)4;1-14-7-5-8-15(2)20(14)19-13-25-23-21(19)17-10-4-3-9-16(17)18-11-6-12-24-22(18)23;1-2-5-11-10(4-1)12-6-3-8-16-14(12)15-13(11)7-9-17-15;1-2-5-10-9(4-1)11-6-3-7-15-12(11)14-13(10)16-8-17-14;1-2-5-10-9(4-1)11-6-3-7-15-13(11)14-12(10)8-16-17-14;1-2-5-10-8(4-1)9-6-3-7-14-11(9)13-12(10)15-17-16-13;;;;;;/h5-13H,1-4H3;3-13H,1-2H3;1-9H;2*1-8H;1-7H;;;;;;/q6*-1;;;;;;. The SMILES string of the molecule is Cc1ccc2c(c1)c1cc(C)cnc1c1[n-]cc(-c3c(C)cccc3C)c21.Cc1cccc(C)c1-c1c[n-]c2c3ncccc3c3ccccc3c12.[Ir].[Ir].[Ir].[Ir].[Ir].[Ir].c1ccc2c(c1)c1cccnc1c1[n-]ccc21.c1ccc2c(c1)c1cccnc1c1[n-]cnc21.c1ccc2c(c1)c1cccnc1c1[n-]ncc21.c1ccc2c(c1)c1cccnc1c1[n-]nnc21. The van der Waals surface area contributed by atoms with Crippen LogP contribution in [0.4, 0.5) is 0 Å². The molecule has 626 valence electrons. The summed E-state index contributed by atoms with van der Waals surface area (Å²) < 4.78 is 0. The fourth-order valence-electron chi connectivity index (χ4n) is 17.9. The van der Waals surface area contributed by atoms with Crippen molar-refractivity contribution in [3.63, 3.8) is 0 Å². The van der Waals surface area contributed by atoms with Crippen LogP contribution in [0.3, 0.4) is 0 Å². The number of rotatable bonds is 2. The van der Waals surface area contributed by atoms with E-state index in [1.54, 1.807) is 24.9 Å². The van der Waals surface area contributed by atoms with E-state index < -0.39 is 0 Å². The van der Waals surface area contributed by atoms with Gasteiger partial charge in [-0.3, -0.25) is 35.1 Å². The van der Waals surface area contributed by atoms with Crippen molar-refractivity contribution < 1.29 is 121 Å². The quantitative estimate of drug-likeness (QED) is 0.147. The molecule has 0 saturated carbocycles. The number of benzene rings is 14. The molecular formula is C104H70Ir6N16-6. The molecule has 12 aromatic heterocycles. The summed E-state index contributed by atoms with van der Waals surface area (Å²) in [4.78, 5) is 49.9. The van der Waals surface area contributed by atoms with E-state index in [1.165, 1.54) is 131 Å². The van der Waals surface area contributed by atoms with Crippen LogP contribution in [0.15, 0.2) is 317 Å². The molecule has 0 saturated heterocycles. The van der Waals surface area contributed by atoms with Crippen molar-refractivity contribution in [3.8, 4) is 22.3 Å². The first-order chi connectivity index (χ1) is 59.1. The normalized spacial score (nSPS) is 11.0. The summed E-state index contributed by atoms with van der Waals surface area (Å²) in [5.74, 6) is 0. The summed E-state index contributed by atoms with van der Waals surface area (Å²) in [6.45, 7) is 12.9. The molecule has 22 heteroatoms. The van der Waals surface area contributed by atoms with Crippen LogP contribution in [-0.4, -0.2) is 50.3 Å². The molecule has 6 radical (unpaired) electrons. The van der Waals surface area contributed by atoms with Gasteiger partial charge in [-0.05, 0) is 231 Å². The van der Waals surface area contributed by atoms with E-state index in [0.29, 0.717) is 0 Å². The van der Waals surface area contributed by atoms with Crippen molar-refractivity contribution in [1.29, 1.82) is 0 Å². The number of hydrogen-bond donors (Lipinski definition) is 0. The van der Waals surface area contributed by atoms with E-state index in [9.17, 15) is 0 Å². The van der Waals surface area contributed by atoms with Gasteiger partial charge >= 0.3 is 0 Å². The average molecular weight is 2700 g/mol. The number of hydrogen-bond acceptors (Lipinski definition) is 10. The van der Waals surface area contributed by atoms with Gasteiger partial charge in [-0.15, -0.1) is 16.6 Å². The van der Waals surface area contributed by atoms with Gasteiger partial charge in [0.15, 0.2) is 0 Å². The largest absolute Gasteiger partial charge is 0.662 e. The molecule has 14 aromatic carbocycles. The summed E-state index contributed by atoms with van der Waals surface area (Å²) in [7, 11) is 0. The molecule has 0 spiro atoms. The van der Waals surface area contributed by atoms with Crippen molar-refractivity contribution in [2.24, 2.45) is 0 Å². The fourth-order valence-corrected chi connectivity index (χ4v) is 17.9. The predicted octanol–water partition coefficient (Wildman–Crippen LogP) is 23.7. The molecule has 0 fully saturated rings. The third-order valence-corrected chi connectivity index (χ3v) is 23.2. The monoisotopic (exact) mass is 2700 g/mol. The average Bonchev–Trinajstić information content (AvgIpc) is 1.48. The zero-order chi connectivity index (χ0) is 80.6. The molecular weight excluding hydrogens is 2630 g/mol. The molecule has 12 heterocycles. The van der Waals surface area contributed by atoms with Crippen LogP contribution in [0.2, 0.25) is 0 Å². The van der Waals surface area contributed by atoms with Crippen LogP contribution in [-0.2, 0) is 121 Å². The third-order valence-electron chi connectivity index (χ3n) is 23.2. The van der Waals surface area contributed by atoms with Crippen LogP contribution in [0.1, 0.15) is 33.4 Å². The molecule has 26 aromatic rings. The summed E-state index contributed by atoms with van der Waals surface area (Å²) in [5, 5.41) is 46.1. The minimum Gasteiger partial charge on any atom is -0.662 e. The molecule has 0 bridgehead atoms. The van der Waals surface area contributed by atoms with Gasteiger partial charge in [0.1, 0.15) is 0 Å². The predicted molar refractivity (Wildman–Crippen MR) is 491 cm³/mol. The Morgan fingerprint density at radius 1 is 0.230 bits per heavy atom. The first kappa shape index (κ1) is 88.8. The number of fused-ring (bicyclic) bond motifs is 36. The number of aromatic nitrogens is 16. The molecule has 0 unspecified atom stereocenters. The Bertz CT molecular complexity index is 7690. The Labute approximate surface area is 803 Å². The van der Waals surface area contributed by atoms with Crippen molar-refractivity contribution >= 4 is 196 Å². The second-order valence-electron chi connectivity index (χ2n) is 30.4. The third kappa shape index (κ3) is 15.5.